The zero-order chi connectivity index (χ0) is 22.3. The van der Waals surface area contributed by atoms with Crippen molar-refractivity contribution >= 4 is 11.7 Å². The van der Waals surface area contributed by atoms with Gasteiger partial charge in [0, 0.05) is 30.6 Å². The molecule has 0 saturated carbocycles. The molecule has 10 heteroatoms. The first kappa shape index (κ1) is 21.7. The minimum atomic E-state index is -4.39. The van der Waals surface area contributed by atoms with Gasteiger partial charge in [0.1, 0.15) is 11.6 Å². The maximum Gasteiger partial charge on any atom is 0.410 e. The van der Waals surface area contributed by atoms with Gasteiger partial charge in [-0.05, 0) is 32.1 Å². The zero-order valence-electron chi connectivity index (χ0n) is 17.9. The van der Waals surface area contributed by atoms with Gasteiger partial charge in [0.05, 0.1) is 11.7 Å². The number of hydrogen-bond donors (Lipinski definition) is 1. The van der Waals surface area contributed by atoms with Crippen molar-refractivity contribution < 1.29 is 22.5 Å². The molecule has 2 aliphatic rings. The molecule has 4 rings (SSSR count). The van der Waals surface area contributed by atoms with Crippen molar-refractivity contribution in [2.45, 2.75) is 83.1 Å². The number of piperidine rings is 1. The number of rotatable bonds is 4. The van der Waals surface area contributed by atoms with Crippen LogP contribution >= 0.6 is 0 Å². The monoisotopic (exact) mass is 439 g/mol. The van der Waals surface area contributed by atoms with E-state index in [0.29, 0.717) is 36.7 Å². The van der Waals surface area contributed by atoms with Crippen LogP contribution in [0.1, 0.15) is 92.8 Å². The van der Waals surface area contributed by atoms with Crippen LogP contribution in [0.2, 0.25) is 0 Å². The van der Waals surface area contributed by atoms with Crippen molar-refractivity contribution in [1.29, 1.82) is 0 Å². The Hall–Kier alpha value is -2.52. The van der Waals surface area contributed by atoms with Gasteiger partial charge in [-0.15, -0.1) is 0 Å². The molecule has 170 valence electrons. The van der Waals surface area contributed by atoms with E-state index in [2.05, 4.69) is 15.6 Å². The molecule has 0 unspecified atom stereocenters. The Morgan fingerprint density at radius 3 is 2.74 bits per heavy atom. The number of carbonyl (C=O) groups excluding carboxylic acids is 1. The molecule has 1 saturated heterocycles. The molecular formula is C21H28F3N5O2. The number of likely N-dealkylation sites (tertiary alicyclic amines) is 1. The highest BCUT2D eigenvalue weighted by Crippen LogP contribution is 2.42. The maximum atomic E-state index is 13.7. The summed E-state index contributed by atoms with van der Waals surface area (Å²) >= 11 is 0. The molecule has 0 bridgehead atoms. The summed E-state index contributed by atoms with van der Waals surface area (Å²) in [4.78, 5) is 14.8. The van der Waals surface area contributed by atoms with Crippen molar-refractivity contribution in [2.75, 3.05) is 11.9 Å². The number of alkyl halides is 3. The van der Waals surface area contributed by atoms with E-state index < -0.39 is 18.3 Å². The summed E-state index contributed by atoms with van der Waals surface area (Å²) in [5.41, 5.74) is 0.700. The molecule has 2 aromatic heterocycles. The molecule has 1 N–H and O–H groups in total. The minimum Gasteiger partial charge on any atom is -0.367 e. The Morgan fingerprint density at radius 2 is 2.10 bits per heavy atom. The van der Waals surface area contributed by atoms with Gasteiger partial charge in [0.15, 0.2) is 11.7 Å². The molecule has 1 fully saturated rings. The van der Waals surface area contributed by atoms with Gasteiger partial charge < -0.3 is 14.7 Å². The van der Waals surface area contributed by atoms with E-state index in [4.69, 9.17) is 4.52 Å². The Balaban J connectivity index is 1.64. The second kappa shape index (κ2) is 8.20. The third-order valence-electron chi connectivity index (χ3n) is 6.20. The minimum absolute atomic E-state index is 0.0572. The second-order valence-corrected chi connectivity index (χ2v) is 8.72. The van der Waals surface area contributed by atoms with E-state index >= 15 is 0 Å². The third-order valence-corrected chi connectivity index (χ3v) is 6.20. The topological polar surface area (TPSA) is 76.2 Å². The molecule has 0 aromatic carbocycles. The van der Waals surface area contributed by atoms with Crippen LogP contribution in [0.5, 0.6) is 0 Å². The van der Waals surface area contributed by atoms with Crippen LogP contribution in [0.25, 0.3) is 0 Å². The van der Waals surface area contributed by atoms with Crippen molar-refractivity contribution in [3.8, 4) is 0 Å². The smallest absolute Gasteiger partial charge is 0.367 e. The second-order valence-electron chi connectivity index (χ2n) is 8.72. The fraction of sp³-hybridized carbons (Fsp3) is 0.667. The lowest BCUT2D eigenvalue weighted by Gasteiger charge is -2.34. The molecule has 3 atom stereocenters. The number of nitrogens with one attached hydrogen (secondary N) is 1. The highest BCUT2D eigenvalue weighted by molar-refractivity contribution is 5.92. The molecule has 0 aliphatic carbocycles. The van der Waals surface area contributed by atoms with Crippen molar-refractivity contribution in [2.24, 2.45) is 0 Å². The van der Waals surface area contributed by atoms with E-state index in [1.54, 1.807) is 17.0 Å². The molecule has 1 amide bonds. The maximum absolute atomic E-state index is 13.7. The lowest BCUT2D eigenvalue weighted by Crippen LogP contribution is -2.40. The summed E-state index contributed by atoms with van der Waals surface area (Å²) in [6.07, 6.45) is -1.51. The van der Waals surface area contributed by atoms with Gasteiger partial charge in [-0.1, -0.05) is 25.9 Å². The fourth-order valence-corrected chi connectivity index (χ4v) is 4.39. The number of amides is 1. The van der Waals surface area contributed by atoms with Crippen LogP contribution in [0, 0.1) is 0 Å². The molecule has 4 heterocycles. The van der Waals surface area contributed by atoms with Gasteiger partial charge in [0.2, 0.25) is 0 Å². The van der Waals surface area contributed by atoms with Crippen LogP contribution in [-0.2, 0) is 0 Å². The third kappa shape index (κ3) is 4.16. The van der Waals surface area contributed by atoms with Gasteiger partial charge in [-0.2, -0.15) is 18.3 Å². The standard InChI is InChI=1S/C21H28F3N5O2/c1-4-13-9-18(21(22,23)24)29-19(25-13)11-14(26-29)16-7-5-6-8-28(16)20(30)15-10-17(12(2)3)31-27-15/h10-13,16,18,25H,4-9H2,1-3H3/t13-,16-,18-/m1/s1. The predicted octanol–water partition coefficient (Wildman–Crippen LogP) is 5.06. The molecule has 0 radical (unpaired) electrons. The van der Waals surface area contributed by atoms with Crippen LogP contribution in [0.3, 0.4) is 0 Å². The SMILES string of the molecule is CC[C@@H]1C[C@H](C(F)(F)F)n2nc([C@H]3CCCCN3C(=O)c3cc(C(C)C)on3)cc2N1. The number of halogens is 3. The largest absolute Gasteiger partial charge is 0.410 e. The van der Waals surface area contributed by atoms with Crippen molar-refractivity contribution in [3.05, 3.63) is 29.3 Å². The van der Waals surface area contributed by atoms with E-state index in [-0.39, 0.29) is 30.0 Å². The van der Waals surface area contributed by atoms with E-state index in [1.165, 1.54) is 0 Å². The van der Waals surface area contributed by atoms with Gasteiger partial charge in [-0.25, -0.2) is 4.68 Å². The summed E-state index contributed by atoms with van der Waals surface area (Å²) in [6.45, 7) is 6.26. The summed E-state index contributed by atoms with van der Waals surface area (Å²) in [6, 6.07) is 0.981. The number of carbonyl (C=O) groups is 1. The lowest BCUT2D eigenvalue weighted by molar-refractivity contribution is -0.173. The zero-order valence-corrected chi connectivity index (χ0v) is 17.9. The Kier molecular flexibility index (Phi) is 5.74. The summed E-state index contributed by atoms with van der Waals surface area (Å²) in [5.74, 6) is 0.801. The number of aromatic nitrogens is 3. The predicted molar refractivity (Wildman–Crippen MR) is 108 cm³/mol. The van der Waals surface area contributed by atoms with Gasteiger partial charge in [-0.3, -0.25) is 4.79 Å². The lowest BCUT2D eigenvalue weighted by atomic mass is 9.98. The normalized spacial score (nSPS) is 24.2. The number of hydrogen-bond acceptors (Lipinski definition) is 5. The summed E-state index contributed by atoms with van der Waals surface area (Å²) in [7, 11) is 0. The van der Waals surface area contributed by atoms with E-state index in [9.17, 15) is 18.0 Å². The first-order valence-corrected chi connectivity index (χ1v) is 10.9. The van der Waals surface area contributed by atoms with Crippen molar-refractivity contribution in [1.82, 2.24) is 19.8 Å². The highest BCUT2D eigenvalue weighted by atomic mass is 19.4. The van der Waals surface area contributed by atoms with Gasteiger partial charge >= 0.3 is 6.18 Å². The fourth-order valence-electron chi connectivity index (χ4n) is 4.39. The highest BCUT2D eigenvalue weighted by Gasteiger charge is 2.46. The van der Waals surface area contributed by atoms with Crippen molar-refractivity contribution in [3.63, 3.8) is 0 Å². The number of anilines is 1. The first-order valence-electron chi connectivity index (χ1n) is 10.9. The van der Waals surface area contributed by atoms with Gasteiger partial charge in [0.25, 0.3) is 5.91 Å². The first-order chi connectivity index (χ1) is 14.7. The van der Waals surface area contributed by atoms with Crippen LogP contribution in [0.15, 0.2) is 16.7 Å². The average Bonchev–Trinajstić information content (AvgIpc) is 3.39. The molecule has 2 aromatic rings. The summed E-state index contributed by atoms with van der Waals surface area (Å²) < 4.78 is 47.4. The quantitative estimate of drug-likeness (QED) is 0.721. The Labute approximate surface area is 178 Å². The van der Waals surface area contributed by atoms with Crippen LogP contribution in [0.4, 0.5) is 19.0 Å². The molecule has 2 aliphatic heterocycles. The van der Waals surface area contributed by atoms with E-state index in [1.807, 2.05) is 20.8 Å². The van der Waals surface area contributed by atoms with Crippen LogP contribution < -0.4 is 5.32 Å². The Bertz CT molecular complexity index is 936. The van der Waals surface area contributed by atoms with Crippen LogP contribution in [-0.4, -0.2) is 44.5 Å². The molecule has 31 heavy (non-hydrogen) atoms. The number of fused-ring (bicyclic) bond motifs is 1. The molecule has 0 spiro atoms. The number of nitrogens with zero attached hydrogens (tertiary/aromatic N) is 4. The van der Waals surface area contributed by atoms with E-state index in [0.717, 1.165) is 17.5 Å². The molecule has 7 nitrogen and oxygen atoms in total. The average molecular weight is 439 g/mol. The summed E-state index contributed by atoms with van der Waals surface area (Å²) in [5, 5.41) is 11.4. The molecular weight excluding hydrogens is 411 g/mol. The Morgan fingerprint density at radius 1 is 1.32 bits per heavy atom.